The van der Waals surface area contributed by atoms with Crippen molar-refractivity contribution in [2.45, 2.75) is 32.2 Å². The van der Waals surface area contributed by atoms with Gasteiger partial charge >= 0.3 is 0 Å². The van der Waals surface area contributed by atoms with Gasteiger partial charge in [-0.2, -0.15) is 5.10 Å². The number of carbonyl (C=O) groups excluding carboxylic acids is 2. The van der Waals surface area contributed by atoms with Crippen LogP contribution in [0.15, 0.2) is 77.8 Å². The van der Waals surface area contributed by atoms with E-state index in [1.165, 1.54) is 0 Å². The van der Waals surface area contributed by atoms with Crippen molar-refractivity contribution in [3.63, 3.8) is 0 Å². The second-order valence-corrected chi connectivity index (χ2v) is 9.80. The molecule has 1 saturated heterocycles. The Kier molecular flexibility index (Phi) is 7.01. The maximum atomic E-state index is 13.0. The van der Waals surface area contributed by atoms with Crippen LogP contribution < -0.4 is 10.6 Å². The van der Waals surface area contributed by atoms with Crippen molar-refractivity contribution in [1.82, 2.24) is 25.0 Å². The van der Waals surface area contributed by atoms with Crippen LogP contribution in [0.5, 0.6) is 0 Å². The highest BCUT2D eigenvalue weighted by molar-refractivity contribution is 6.07. The second-order valence-electron chi connectivity index (χ2n) is 9.80. The Bertz CT molecular complexity index is 1440. The smallest absolute Gasteiger partial charge is 0.256 e. The van der Waals surface area contributed by atoms with Crippen molar-refractivity contribution in [3.8, 4) is 11.1 Å². The summed E-state index contributed by atoms with van der Waals surface area (Å²) in [5.41, 5.74) is 4.14. The zero-order chi connectivity index (χ0) is 25.9. The number of allylic oxidation sites excluding steroid dienone is 2. The maximum absolute atomic E-state index is 13.0. The highest BCUT2D eigenvalue weighted by Gasteiger charge is 2.19. The summed E-state index contributed by atoms with van der Waals surface area (Å²) in [7, 11) is 3.76. The Labute approximate surface area is 216 Å². The molecule has 1 fully saturated rings. The van der Waals surface area contributed by atoms with Gasteiger partial charge in [0, 0.05) is 41.5 Å². The Hall–Kier alpha value is -4.04. The summed E-state index contributed by atoms with van der Waals surface area (Å²) in [6.45, 7) is 4.08. The topological polar surface area (TPSA) is 92.2 Å². The summed E-state index contributed by atoms with van der Waals surface area (Å²) in [5.74, 6) is 0.0590. The molecule has 0 saturated carbocycles. The second kappa shape index (κ2) is 10.5. The predicted octanol–water partition coefficient (Wildman–Crippen LogP) is 4.25. The molecule has 5 rings (SSSR count). The number of benzene rings is 1. The van der Waals surface area contributed by atoms with Crippen LogP contribution in [0.3, 0.4) is 0 Å². The Morgan fingerprint density at radius 2 is 1.81 bits per heavy atom. The number of likely N-dealkylation sites (tertiary alicyclic amines) is 1. The number of nitrogens with zero attached hydrogens (tertiary/aromatic N) is 4. The first-order chi connectivity index (χ1) is 17.9. The fraction of sp³-hybridized carbons (Fsp3) is 0.310. The number of carbonyl (C=O) groups is 2. The van der Waals surface area contributed by atoms with E-state index in [-0.39, 0.29) is 11.8 Å². The fourth-order valence-corrected chi connectivity index (χ4v) is 4.85. The summed E-state index contributed by atoms with van der Waals surface area (Å²) in [6.07, 6.45) is 13.8. The molecule has 0 atom stereocenters. The molecule has 0 spiro atoms. The number of pyridine rings is 1. The van der Waals surface area contributed by atoms with Crippen LogP contribution >= 0.6 is 0 Å². The SMILES string of the molecule is CNC(=O)C1=C(C)CC=C(C(=O)Nc2cc3cc(-c4cnn(C5CCN(C)CC5)c4)ccc3cn2)C=C1. The van der Waals surface area contributed by atoms with Crippen molar-refractivity contribution in [2.75, 3.05) is 32.5 Å². The highest BCUT2D eigenvalue weighted by Crippen LogP contribution is 2.28. The molecule has 37 heavy (non-hydrogen) atoms. The average molecular weight is 497 g/mol. The van der Waals surface area contributed by atoms with E-state index < -0.39 is 0 Å². The van der Waals surface area contributed by atoms with Gasteiger partial charge in [0.15, 0.2) is 0 Å². The zero-order valence-corrected chi connectivity index (χ0v) is 21.5. The third kappa shape index (κ3) is 5.39. The van der Waals surface area contributed by atoms with Crippen molar-refractivity contribution in [1.29, 1.82) is 0 Å². The molecule has 2 aliphatic rings. The molecule has 1 aromatic carbocycles. The van der Waals surface area contributed by atoms with Gasteiger partial charge in [0.2, 0.25) is 0 Å². The fourth-order valence-electron chi connectivity index (χ4n) is 4.85. The lowest BCUT2D eigenvalue weighted by Gasteiger charge is -2.28. The predicted molar refractivity (Wildman–Crippen MR) is 146 cm³/mol. The van der Waals surface area contributed by atoms with Crippen LogP contribution in [0.2, 0.25) is 0 Å². The average Bonchev–Trinajstić information content (AvgIpc) is 3.32. The maximum Gasteiger partial charge on any atom is 0.256 e. The van der Waals surface area contributed by atoms with E-state index in [0.29, 0.717) is 29.4 Å². The molecule has 8 heteroatoms. The number of aromatic nitrogens is 3. The molecule has 3 heterocycles. The summed E-state index contributed by atoms with van der Waals surface area (Å²) in [5, 5.41) is 12.2. The largest absolute Gasteiger partial charge is 0.355 e. The van der Waals surface area contributed by atoms with Crippen LogP contribution in [-0.4, -0.2) is 58.7 Å². The van der Waals surface area contributed by atoms with Gasteiger partial charge in [0.25, 0.3) is 11.8 Å². The molecule has 0 unspecified atom stereocenters. The first-order valence-electron chi connectivity index (χ1n) is 12.7. The summed E-state index contributed by atoms with van der Waals surface area (Å²) in [6, 6.07) is 8.56. The van der Waals surface area contributed by atoms with Gasteiger partial charge in [-0.25, -0.2) is 4.98 Å². The number of piperidine rings is 1. The monoisotopic (exact) mass is 496 g/mol. The van der Waals surface area contributed by atoms with Gasteiger partial charge in [0.1, 0.15) is 5.82 Å². The quantitative estimate of drug-likeness (QED) is 0.551. The first kappa shape index (κ1) is 24.6. The summed E-state index contributed by atoms with van der Waals surface area (Å²) < 4.78 is 2.10. The normalized spacial score (nSPS) is 17.0. The first-order valence-corrected chi connectivity index (χ1v) is 12.7. The molecule has 2 aromatic heterocycles. The highest BCUT2D eigenvalue weighted by atomic mass is 16.2. The molecular weight excluding hydrogens is 464 g/mol. The van der Waals surface area contributed by atoms with Gasteiger partial charge in [0.05, 0.1) is 12.2 Å². The number of anilines is 1. The van der Waals surface area contributed by atoms with E-state index >= 15 is 0 Å². The van der Waals surface area contributed by atoms with Gasteiger partial charge in [-0.05, 0) is 81.6 Å². The third-order valence-corrected chi connectivity index (χ3v) is 7.21. The molecule has 2 amide bonds. The van der Waals surface area contributed by atoms with Crippen LogP contribution in [-0.2, 0) is 9.59 Å². The summed E-state index contributed by atoms with van der Waals surface area (Å²) in [4.78, 5) is 31.8. The molecule has 0 radical (unpaired) electrons. The van der Waals surface area contributed by atoms with Gasteiger partial charge in [-0.1, -0.05) is 23.8 Å². The molecule has 2 N–H and O–H groups in total. The molecule has 1 aliphatic carbocycles. The van der Waals surface area contributed by atoms with Crippen LogP contribution in [0.25, 0.3) is 21.9 Å². The Morgan fingerprint density at radius 3 is 2.59 bits per heavy atom. The number of amides is 2. The lowest BCUT2D eigenvalue weighted by atomic mass is 10.0. The summed E-state index contributed by atoms with van der Waals surface area (Å²) >= 11 is 0. The van der Waals surface area contributed by atoms with Crippen molar-refractivity contribution in [3.05, 3.63) is 77.8 Å². The van der Waals surface area contributed by atoms with E-state index in [2.05, 4.69) is 55.7 Å². The molecule has 190 valence electrons. The van der Waals surface area contributed by atoms with E-state index in [1.54, 1.807) is 25.4 Å². The lowest BCUT2D eigenvalue weighted by molar-refractivity contribution is -0.116. The van der Waals surface area contributed by atoms with Gasteiger partial charge in [-0.15, -0.1) is 0 Å². The molecular formula is C29H32N6O2. The number of nitrogens with one attached hydrogen (secondary N) is 2. The van der Waals surface area contributed by atoms with E-state index in [1.807, 2.05) is 31.3 Å². The number of rotatable bonds is 5. The third-order valence-electron chi connectivity index (χ3n) is 7.21. The van der Waals surface area contributed by atoms with Crippen molar-refractivity contribution in [2.24, 2.45) is 0 Å². The van der Waals surface area contributed by atoms with E-state index in [4.69, 9.17) is 0 Å². The van der Waals surface area contributed by atoms with E-state index in [9.17, 15) is 9.59 Å². The molecule has 3 aromatic rings. The minimum atomic E-state index is -0.260. The van der Waals surface area contributed by atoms with Gasteiger partial charge < -0.3 is 15.5 Å². The Balaban J connectivity index is 1.32. The van der Waals surface area contributed by atoms with Crippen LogP contribution in [0.1, 0.15) is 32.2 Å². The lowest BCUT2D eigenvalue weighted by Crippen LogP contribution is -2.31. The molecule has 1 aliphatic heterocycles. The molecule has 0 bridgehead atoms. The number of hydrogen-bond donors (Lipinski definition) is 2. The minimum absolute atomic E-state index is 0.160. The number of hydrogen-bond acceptors (Lipinski definition) is 5. The van der Waals surface area contributed by atoms with Crippen LogP contribution in [0, 0.1) is 0 Å². The minimum Gasteiger partial charge on any atom is -0.355 e. The van der Waals surface area contributed by atoms with E-state index in [0.717, 1.165) is 53.4 Å². The standard InChI is InChI=1S/C29H32N6O2/c1-19-4-5-20(8-9-26(19)29(37)30-2)28(36)33-27-15-23-14-21(6-7-22(23)16-31-27)24-17-32-35(18-24)25-10-12-34(3)13-11-25/h5-9,14-18,25H,4,10-13H2,1-3H3,(H,30,37)(H,31,33,36). The van der Waals surface area contributed by atoms with Crippen molar-refractivity contribution < 1.29 is 9.59 Å². The molecule has 8 nitrogen and oxygen atoms in total. The number of fused-ring (bicyclic) bond motifs is 1. The van der Waals surface area contributed by atoms with Crippen LogP contribution in [0.4, 0.5) is 5.82 Å². The van der Waals surface area contributed by atoms with Crippen molar-refractivity contribution >= 4 is 28.4 Å². The zero-order valence-electron chi connectivity index (χ0n) is 21.5. The van der Waals surface area contributed by atoms with Gasteiger partial charge in [-0.3, -0.25) is 14.3 Å². The number of likely N-dealkylation sites (N-methyl/N-ethyl adjacent to an activating group) is 1. The Morgan fingerprint density at radius 1 is 1.00 bits per heavy atom.